The average Bonchev–Trinajstić information content (AvgIpc) is 2.36. The SMILES string of the molecule is Cc1nc(CN)cc(C2C3CC4CC(C3)CC2C4)n1. The van der Waals surface area contributed by atoms with Gasteiger partial charge in [0.05, 0.1) is 5.69 Å². The van der Waals surface area contributed by atoms with E-state index in [4.69, 9.17) is 10.7 Å². The molecule has 4 bridgehead atoms. The summed E-state index contributed by atoms with van der Waals surface area (Å²) in [4.78, 5) is 9.19. The van der Waals surface area contributed by atoms with Gasteiger partial charge in [-0.25, -0.2) is 9.97 Å². The Kier molecular flexibility index (Phi) is 2.66. The van der Waals surface area contributed by atoms with E-state index < -0.39 is 0 Å². The van der Waals surface area contributed by atoms with Crippen molar-refractivity contribution in [2.75, 3.05) is 0 Å². The van der Waals surface area contributed by atoms with Gasteiger partial charge in [0, 0.05) is 18.2 Å². The van der Waals surface area contributed by atoms with Crippen LogP contribution in [0.5, 0.6) is 0 Å². The highest BCUT2D eigenvalue weighted by Crippen LogP contribution is 2.59. The fraction of sp³-hybridized carbons (Fsp3) is 0.750. The molecule has 0 atom stereocenters. The van der Waals surface area contributed by atoms with Crippen molar-refractivity contribution in [1.82, 2.24) is 9.97 Å². The second kappa shape index (κ2) is 4.27. The second-order valence-corrected chi connectivity index (χ2v) is 6.99. The molecule has 0 radical (unpaired) electrons. The van der Waals surface area contributed by atoms with Crippen molar-refractivity contribution in [3.8, 4) is 0 Å². The summed E-state index contributed by atoms with van der Waals surface area (Å²) < 4.78 is 0. The van der Waals surface area contributed by atoms with Crippen LogP contribution in [0.15, 0.2) is 6.07 Å². The van der Waals surface area contributed by atoms with Gasteiger partial charge >= 0.3 is 0 Å². The Morgan fingerprint density at radius 3 is 2.26 bits per heavy atom. The maximum Gasteiger partial charge on any atom is 0.125 e. The molecule has 0 amide bonds. The Morgan fingerprint density at radius 1 is 1.05 bits per heavy atom. The molecule has 2 N–H and O–H groups in total. The van der Waals surface area contributed by atoms with Crippen molar-refractivity contribution in [3.63, 3.8) is 0 Å². The molecule has 5 rings (SSSR count). The Balaban J connectivity index is 1.70. The lowest BCUT2D eigenvalue weighted by atomic mass is 9.51. The molecule has 0 aliphatic heterocycles. The molecule has 1 aromatic heterocycles. The van der Waals surface area contributed by atoms with Gasteiger partial charge in [-0.15, -0.1) is 0 Å². The summed E-state index contributed by atoms with van der Waals surface area (Å²) in [5.41, 5.74) is 8.08. The topological polar surface area (TPSA) is 51.8 Å². The van der Waals surface area contributed by atoms with Crippen LogP contribution in [0.25, 0.3) is 0 Å². The van der Waals surface area contributed by atoms with Crippen molar-refractivity contribution in [3.05, 3.63) is 23.3 Å². The van der Waals surface area contributed by atoms with Crippen LogP contribution in [0.3, 0.4) is 0 Å². The molecule has 0 spiro atoms. The minimum Gasteiger partial charge on any atom is -0.325 e. The van der Waals surface area contributed by atoms with Crippen LogP contribution in [0.4, 0.5) is 0 Å². The fourth-order valence-corrected chi connectivity index (χ4v) is 5.34. The van der Waals surface area contributed by atoms with Gasteiger partial charge in [-0.2, -0.15) is 0 Å². The van der Waals surface area contributed by atoms with Gasteiger partial charge in [-0.3, -0.25) is 0 Å². The van der Waals surface area contributed by atoms with Crippen molar-refractivity contribution in [2.24, 2.45) is 29.4 Å². The van der Waals surface area contributed by atoms with E-state index in [0.29, 0.717) is 12.5 Å². The van der Waals surface area contributed by atoms with Crippen LogP contribution >= 0.6 is 0 Å². The van der Waals surface area contributed by atoms with E-state index in [-0.39, 0.29) is 0 Å². The van der Waals surface area contributed by atoms with Crippen LogP contribution in [-0.2, 0) is 6.54 Å². The lowest BCUT2D eigenvalue weighted by Gasteiger charge is -2.54. The standard InChI is InChI=1S/C16H23N3/c1-9-18-14(8-17)7-15(19-9)16-12-3-10-2-11(5-12)6-13(16)4-10/h7,10-13,16H,2-6,8,17H2,1H3. The van der Waals surface area contributed by atoms with Crippen molar-refractivity contribution in [1.29, 1.82) is 0 Å². The summed E-state index contributed by atoms with van der Waals surface area (Å²) in [5, 5.41) is 0. The number of nitrogens with zero attached hydrogens (tertiary/aromatic N) is 2. The van der Waals surface area contributed by atoms with Crippen molar-refractivity contribution >= 4 is 0 Å². The first kappa shape index (κ1) is 11.8. The molecule has 4 fully saturated rings. The van der Waals surface area contributed by atoms with Gasteiger partial charge in [0.15, 0.2) is 0 Å². The highest BCUT2D eigenvalue weighted by Gasteiger charge is 2.49. The van der Waals surface area contributed by atoms with E-state index in [1.54, 1.807) is 0 Å². The zero-order chi connectivity index (χ0) is 13.0. The molecule has 0 aromatic carbocycles. The normalized spacial score (nSPS) is 39.8. The van der Waals surface area contributed by atoms with E-state index in [9.17, 15) is 0 Å². The fourth-order valence-electron chi connectivity index (χ4n) is 5.34. The second-order valence-electron chi connectivity index (χ2n) is 6.99. The van der Waals surface area contributed by atoms with E-state index in [1.807, 2.05) is 6.92 Å². The number of aromatic nitrogens is 2. The predicted octanol–water partition coefficient (Wildman–Crippen LogP) is 2.78. The van der Waals surface area contributed by atoms with Crippen molar-refractivity contribution < 1.29 is 0 Å². The van der Waals surface area contributed by atoms with Gasteiger partial charge in [0.1, 0.15) is 5.82 Å². The smallest absolute Gasteiger partial charge is 0.125 e. The number of rotatable bonds is 2. The summed E-state index contributed by atoms with van der Waals surface area (Å²) in [5.74, 6) is 5.41. The lowest BCUT2D eigenvalue weighted by Crippen LogP contribution is -2.44. The summed E-state index contributed by atoms with van der Waals surface area (Å²) in [6.07, 6.45) is 7.28. The third kappa shape index (κ3) is 1.90. The summed E-state index contributed by atoms with van der Waals surface area (Å²) in [7, 11) is 0. The number of hydrogen-bond donors (Lipinski definition) is 1. The van der Waals surface area contributed by atoms with Gasteiger partial charge < -0.3 is 5.73 Å². The first-order valence-corrected chi connectivity index (χ1v) is 7.77. The summed E-state index contributed by atoms with van der Waals surface area (Å²) in [6, 6.07) is 2.18. The summed E-state index contributed by atoms with van der Waals surface area (Å²) >= 11 is 0. The Labute approximate surface area is 115 Å². The van der Waals surface area contributed by atoms with Gasteiger partial charge in [-0.1, -0.05) is 0 Å². The Bertz CT molecular complexity index is 469. The highest BCUT2D eigenvalue weighted by atomic mass is 14.9. The molecule has 4 aliphatic carbocycles. The summed E-state index contributed by atoms with van der Waals surface area (Å²) in [6.45, 7) is 2.53. The zero-order valence-corrected chi connectivity index (χ0v) is 11.7. The van der Waals surface area contributed by atoms with Crippen LogP contribution in [-0.4, -0.2) is 9.97 Å². The van der Waals surface area contributed by atoms with E-state index in [2.05, 4.69) is 11.1 Å². The Hall–Kier alpha value is -0.960. The molecular weight excluding hydrogens is 234 g/mol. The molecule has 3 nitrogen and oxygen atoms in total. The molecule has 102 valence electrons. The average molecular weight is 257 g/mol. The maximum absolute atomic E-state index is 5.77. The molecular formula is C16H23N3. The minimum absolute atomic E-state index is 0.531. The number of hydrogen-bond acceptors (Lipinski definition) is 3. The van der Waals surface area contributed by atoms with Crippen LogP contribution in [0, 0.1) is 30.6 Å². The Morgan fingerprint density at radius 2 is 1.68 bits per heavy atom. The van der Waals surface area contributed by atoms with Gasteiger partial charge in [-0.05, 0) is 68.8 Å². The maximum atomic E-state index is 5.77. The molecule has 19 heavy (non-hydrogen) atoms. The minimum atomic E-state index is 0.531. The monoisotopic (exact) mass is 257 g/mol. The molecule has 4 saturated carbocycles. The molecule has 0 saturated heterocycles. The molecule has 1 heterocycles. The first-order valence-electron chi connectivity index (χ1n) is 7.77. The third-order valence-corrected chi connectivity index (χ3v) is 5.69. The molecule has 0 unspecified atom stereocenters. The van der Waals surface area contributed by atoms with Crippen LogP contribution < -0.4 is 5.73 Å². The van der Waals surface area contributed by atoms with Crippen molar-refractivity contribution in [2.45, 2.75) is 51.5 Å². The molecule has 1 aromatic rings. The molecule has 4 aliphatic rings. The predicted molar refractivity (Wildman–Crippen MR) is 74.4 cm³/mol. The van der Waals surface area contributed by atoms with Gasteiger partial charge in [0.25, 0.3) is 0 Å². The van der Waals surface area contributed by atoms with Crippen LogP contribution in [0.1, 0.15) is 55.2 Å². The van der Waals surface area contributed by atoms with Crippen LogP contribution in [0.2, 0.25) is 0 Å². The lowest BCUT2D eigenvalue weighted by molar-refractivity contribution is -0.00426. The zero-order valence-electron chi connectivity index (χ0n) is 11.7. The van der Waals surface area contributed by atoms with Gasteiger partial charge in [0.2, 0.25) is 0 Å². The number of nitrogens with two attached hydrogens (primary N) is 1. The third-order valence-electron chi connectivity index (χ3n) is 5.69. The van der Waals surface area contributed by atoms with E-state index in [1.165, 1.54) is 37.8 Å². The highest BCUT2D eigenvalue weighted by molar-refractivity contribution is 5.20. The largest absolute Gasteiger partial charge is 0.325 e. The quantitative estimate of drug-likeness (QED) is 0.886. The molecule has 3 heteroatoms. The van der Waals surface area contributed by atoms with E-state index >= 15 is 0 Å². The van der Waals surface area contributed by atoms with E-state index in [0.717, 1.165) is 35.2 Å². The number of aryl methyl sites for hydroxylation is 1. The first-order chi connectivity index (χ1) is 9.22.